The third kappa shape index (κ3) is 6.38. The standard InChI is InChI=1S/C28H30N2O7S/c1-18(2)20-8-11-22(12-9-20)30(38(34,35)23-13-6-19(3)7-14-23)17-26(31)29-25-16-21(27(32)36-4)10-15-24(25)28(33)37-5/h6-16,18H,17H2,1-5H3,(H,29,31). The Balaban J connectivity index is 2.01. The van der Waals surface area contributed by atoms with Crippen LogP contribution in [0.1, 0.15) is 51.6 Å². The Morgan fingerprint density at radius 1 is 0.868 bits per heavy atom. The molecule has 3 aromatic carbocycles. The van der Waals surface area contributed by atoms with E-state index in [0.717, 1.165) is 15.4 Å². The number of sulfonamides is 1. The van der Waals surface area contributed by atoms with Gasteiger partial charge in [0.1, 0.15) is 6.54 Å². The molecule has 10 heteroatoms. The minimum absolute atomic E-state index is 0.0114. The summed E-state index contributed by atoms with van der Waals surface area (Å²) < 4.78 is 37.8. The highest BCUT2D eigenvalue weighted by Gasteiger charge is 2.28. The molecule has 0 bridgehead atoms. The zero-order valence-corrected chi connectivity index (χ0v) is 22.7. The van der Waals surface area contributed by atoms with Crippen LogP contribution in [-0.4, -0.2) is 47.0 Å². The fraction of sp³-hybridized carbons (Fsp3) is 0.250. The number of carbonyl (C=O) groups excluding carboxylic acids is 3. The summed E-state index contributed by atoms with van der Waals surface area (Å²) >= 11 is 0. The van der Waals surface area contributed by atoms with Crippen LogP contribution in [0.15, 0.2) is 71.6 Å². The summed E-state index contributed by atoms with van der Waals surface area (Å²) in [7, 11) is -1.76. The molecule has 0 fully saturated rings. The van der Waals surface area contributed by atoms with Crippen molar-refractivity contribution in [2.45, 2.75) is 31.6 Å². The lowest BCUT2D eigenvalue weighted by molar-refractivity contribution is -0.114. The Bertz CT molecular complexity index is 1430. The number of rotatable bonds is 9. The molecule has 0 saturated carbocycles. The van der Waals surface area contributed by atoms with Gasteiger partial charge in [-0.2, -0.15) is 0 Å². The van der Waals surface area contributed by atoms with Gasteiger partial charge >= 0.3 is 11.9 Å². The van der Waals surface area contributed by atoms with E-state index >= 15 is 0 Å². The monoisotopic (exact) mass is 538 g/mol. The molecule has 0 saturated heterocycles. The van der Waals surface area contributed by atoms with Crippen molar-refractivity contribution >= 4 is 39.2 Å². The van der Waals surface area contributed by atoms with Gasteiger partial charge in [-0.25, -0.2) is 18.0 Å². The number of nitrogens with one attached hydrogen (secondary N) is 1. The molecule has 0 aliphatic rings. The predicted octanol–water partition coefficient (Wildman–Crippen LogP) is 4.53. The van der Waals surface area contributed by atoms with Crippen molar-refractivity contribution in [1.82, 2.24) is 0 Å². The first-order valence-corrected chi connectivity index (χ1v) is 13.2. The summed E-state index contributed by atoms with van der Waals surface area (Å²) in [6, 6.07) is 17.2. The first-order chi connectivity index (χ1) is 18.0. The Morgan fingerprint density at radius 3 is 2.03 bits per heavy atom. The van der Waals surface area contributed by atoms with Crippen LogP contribution in [0, 0.1) is 6.92 Å². The minimum Gasteiger partial charge on any atom is -0.465 e. The molecule has 0 aliphatic carbocycles. The van der Waals surface area contributed by atoms with Gasteiger partial charge in [-0.1, -0.05) is 43.7 Å². The van der Waals surface area contributed by atoms with Crippen molar-refractivity contribution < 1.29 is 32.3 Å². The maximum absolute atomic E-state index is 13.7. The van der Waals surface area contributed by atoms with Crippen LogP contribution >= 0.6 is 0 Å². The van der Waals surface area contributed by atoms with Crippen molar-refractivity contribution in [1.29, 1.82) is 0 Å². The molecule has 0 aromatic heterocycles. The van der Waals surface area contributed by atoms with Crippen LogP contribution in [-0.2, 0) is 24.3 Å². The first kappa shape index (κ1) is 28.4. The van der Waals surface area contributed by atoms with Crippen molar-refractivity contribution in [3.63, 3.8) is 0 Å². The number of anilines is 2. The second-order valence-corrected chi connectivity index (χ2v) is 10.7. The van der Waals surface area contributed by atoms with Crippen molar-refractivity contribution in [2.75, 3.05) is 30.4 Å². The highest BCUT2D eigenvalue weighted by Crippen LogP contribution is 2.27. The lowest BCUT2D eigenvalue weighted by Crippen LogP contribution is -2.38. The lowest BCUT2D eigenvalue weighted by atomic mass is 10.0. The molecule has 9 nitrogen and oxygen atoms in total. The van der Waals surface area contributed by atoms with Gasteiger partial charge in [-0.05, 0) is 60.9 Å². The van der Waals surface area contributed by atoms with Gasteiger partial charge in [0.15, 0.2) is 0 Å². The summed E-state index contributed by atoms with van der Waals surface area (Å²) in [5, 5.41) is 2.55. The van der Waals surface area contributed by atoms with E-state index in [1.54, 1.807) is 24.3 Å². The van der Waals surface area contributed by atoms with Gasteiger partial charge in [0.2, 0.25) is 5.91 Å². The molecule has 3 aromatic rings. The number of esters is 2. The van der Waals surface area contributed by atoms with Crippen LogP contribution in [0.5, 0.6) is 0 Å². The Labute approximate surface area is 222 Å². The highest BCUT2D eigenvalue weighted by molar-refractivity contribution is 7.92. The molecule has 200 valence electrons. The third-order valence-electron chi connectivity index (χ3n) is 5.86. The number of amides is 1. The topological polar surface area (TPSA) is 119 Å². The number of methoxy groups -OCH3 is 2. The predicted molar refractivity (Wildman–Crippen MR) is 144 cm³/mol. The molecule has 0 atom stereocenters. The lowest BCUT2D eigenvalue weighted by Gasteiger charge is -2.25. The van der Waals surface area contributed by atoms with Crippen LogP contribution in [0.2, 0.25) is 0 Å². The zero-order valence-electron chi connectivity index (χ0n) is 21.8. The van der Waals surface area contributed by atoms with Crippen LogP contribution in [0.4, 0.5) is 11.4 Å². The number of carbonyl (C=O) groups is 3. The van der Waals surface area contributed by atoms with Crippen LogP contribution in [0.3, 0.4) is 0 Å². The van der Waals surface area contributed by atoms with E-state index in [-0.39, 0.29) is 27.6 Å². The number of hydrogen-bond acceptors (Lipinski definition) is 7. The normalized spacial score (nSPS) is 11.1. The van der Waals surface area contributed by atoms with E-state index in [2.05, 4.69) is 5.32 Å². The molecular weight excluding hydrogens is 508 g/mol. The summed E-state index contributed by atoms with van der Waals surface area (Å²) in [5.74, 6) is -1.93. The van der Waals surface area contributed by atoms with E-state index < -0.39 is 34.4 Å². The zero-order chi connectivity index (χ0) is 28.0. The van der Waals surface area contributed by atoms with Gasteiger partial charge < -0.3 is 14.8 Å². The molecule has 1 N–H and O–H groups in total. The molecule has 0 spiro atoms. The molecule has 38 heavy (non-hydrogen) atoms. The summed E-state index contributed by atoms with van der Waals surface area (Å²) in [6.07, 6.45) is 0. The third-order valence-corrected chi connectivity index (χ3v) is 7.65. The molecule has 0 aliphatic heterocycles. The molecule has 0 radical (unpaired) electrons. The van der Waals surface area contributed by atoms with Gasteiger partial charge in [-0.3, -0.25) is 9.10 Å². The van der Waals surface area contributed by atoms with Crippen molar-refractivity contribution in [3.05, 3.63) is 89.0 Å². The first-order valence-electron chi connectivity index (χ1n) is 11.8. The van der Waals surface area contributed by atoms with E-state index in [1.165, 1.54) is 44.6 Å². The molecule has 0 heterocycles. The Morgan fingerprint density at radius 2 is 1.47 bits per heavy atom. The number of aryl methyl sites for hydroxylation is 1. The second kappa shape index (κ2) is 11.9. The number of hydrogen-bond donors (Lipinski definition) is 1. The van der Waals surface area contributed by atoms with Gasteiger partial charge in [-0.15, -0.1) is 0 Å². The van der Waals surface area contributed by atoms with Crippen molar-refractivity contribution in [3.8, 4) is 0 Å². The molecule has 1 amide bonds. The van der Waals surface area contributed by atoms with Crippen LogP contribution in [0.25, 0.3) is 0 Å². The largest absolute Gasteiger partial charge is 0.465 e. The van der Waals surface area contributed by atoms with E-state index in [4.69, 9.17) is 9.47 Å². The Kier molecular flexibility index (Phi) is 8.90. The van der Waals surface area contributed by atoms with Gasteiger partial charge in [0, 0.05) is 0 Å². The quantitative estimate of drug-likeness (QED) is 0.398. The fourth-order valence-electron chi connectivity index (χ4n) is 3.68. The Hall–Kier alpha value is -4.18. The minimum atomic E-state index is -4.14. The SMILES string of the molecule is COC(=O)c1ccc(C(=O)OC)c(NC(=O)CN(c2ccc(C(C)C)cc2)S(=O)(=O)c2ccc(C)cc2)c1. The smallest absolute Gasteiger partial charge is 0.339 e. The summed E-state index contributed by atoms with van der Waals surface area (Å²) in [4.78, 5) is 37.5. The van der Waals surface area contributed by atoms with E-state index in [9.17, 15) is 22.8 Å². The average molecular weight is 539 g/mol. The number of ether oxygens (including phenoxy) is 2. The highest BCUT2D eigenvalue weighted by atomic mass is 32.2. The summed E-state index contributed by atoms with van der Waals surface area (Å²) in [6.45, 7) is 5.28. The van der Waals surface area contributed by atoms with Crippen LogP contribution < -0.4 is 9.62 Å². The maximum Gasteiger partial charge on any atom is 0.339 e. The van der Waals surface area contributed by atoms with Crippen molar-refractivity contribution in [2.24, 2.45) is 0 Å². The van der Waals surface area contributed by atoms with E-state index in [0.29, 0.717) is 5.69 Å². The maximum atomic E-state index is 13.7. The van der Waals surface area contributed by atoms with Gasteiger partial charge in [0.05, 0.1) is 41.6 Å². The molecule has 0 unspecified atom stereocenters. The summed E-state index contributed by atoms with van der Waals surface area (Å²) in [5.41, 5.74) is 2.24. The second-order valence-electron chi connectivity index (χ2n) is 8.86. The number of nitrogens with zero attached hydrogens (tertiary/aromatic N) is 1. The molecule has 3 rings (SSSR count). The average Bonchev–Trinajstić information content (AvgIpc) is 2.91. The van der Waals surface area contributed by atoms with E-state index in [1.807, 2.05) is 32.9 Å². The number of benzene rings is 3. The molecular formula is C28H30N2O7S. The fourth-order valence-corrected chi connectivity index (χ4v) is 5.10. The van der Waals surface area contributed by atoms with Gasteiger partial charge in [0.25, 0.3) is 10.0 Å².